The topological polar surface area (TPSA) is 0 Å². The van der Waals surface area contributed by atoms with Gasteiger partial charge in [-0.15, -0.1) is 0 Å². The first-order valence-electron chi connectivity index (χ1n) is 6.82. The standard InChI is InChI=1S/C17H24/c1-2-4-6-8-10-12-14-16-17-15-13-11-9-7-5-3-1/h1-10H,11-17H2/b2-1-,5-3+,6-4+,9-7+,10-8?. The molecule has 0 N–H and O–H groups in total. The van der Waals surface area contributed by atoms with Crippen molar-refractivity contribution in [3.63, 3.8) is 0 Å². The first-order chi connectivity index (χ1) is 8.50. The van der Waals surface area contributed by atoms with Crippen LogP contribution in [0.3, 0.4) is 0 Å². The smallest absolute Gasteiger partial charge is 0.0348 e. The van der Waals surface area contributed by atoms with E-state index in [1.165, 1.54) is 44.9 Å². The summed E-state index contributed by atoms with van der Waals surface area (Å²) < 4.78 is 0. The Morgan fingerprint density at radius 2 is 0.706 bits per heavy atom. The zero-order valence-electron chi connectivity index (χ0n) is 10.7. The summed E-state index contributed by atoms with van der Waals surface area (Å²) in [5, 5.41) is 0. The molecule has 1 aliphatic rings. The van der Waals surface area contributed by atoms with Crippen molar-refractivity contribution in [1.29, 1.82) is 0 Å². The van der Waals surface area contributed by atoms with Crippen molar-refractivity contribution in [3.8, 4) is 0 Å². The molecule has 0 unspecified atom stereocenters. The van der Waals surface area contributed by atoms with Crippen molar-refractivity contribution in [2.24, 2.45) is 0 Å². The Kier molecular flexibility index (Phi) is 9.06. The summed E-state index contributed by atoms with van der Waals surface area (Å²) in [6.07, 6.45) is 30.5. The van der Waals surface area contributed by atoms with E-state index in [1.807, 2.05) is 0 Å². The minimum atomic E-state index is 1.22. The zero-order chi connectivity index (χ0) is 12.0. The van der Waals surface area contributed by atoms with E-state index in [-0.39, 0.29) is 0 Å². The van der Waals surface area contributed by atoms with Crippen LogP contribution in [-0.2, 0) is 0 Å². The van der Waals surface area contributed by atoms with E-state index < -0.39 is 0 Å². The Bertz CT molecular complexity index is 270. The molecule has 0 bridgehead atoms. The zero-order valence-corrected chi connectivity index (χ0v) is 10.7. The third-order valence-electron chi connectivity index (χ3n) is 2.79. The van der Waals surface area contributed by atoms with E-state index in [1.54, 1.807) is 0 Å². The van der Waals surface area contributed by atoms with Gasteiger partial charge in [0, 0.05) is 0 Å². The summed E-state index contributed by atoms with van der Waals surface area (Å²) in [5.41, 5.74) is 0. The van der Waals surface area contributed by atoms with Crippen molar-refractivity contribution < 1.29 is 0 Å². The van der Waals surface area contributed by atoms with Gasteiger partial charge >= 0.3 is 0 Å². The van der Waals surface area contributed by atoms with E-state index in [9.17, 15) is 0 Å². The van der Waals surface area contributed by atoms with E-state index in [0.29, 0.717) is 0 Å². The van der Waals surface area contributed by atoms with Crippen LogP contribution >= 0.6 is 0 Å². The van der Waals surface area contributed by atoms with Crippen LogP contribution in [0.4, 0.5) is 0 Å². The van der Waals surface area contributed by atoms with Gasteiger partial charge in [-0.25, -0.2) is 0 Å². The highest BCUT2D eigenvalue weighted by atomic mass is 13.9. The molecule has 0 aliphatic heterocycles. The molecule has 0 aromatic rings. The number of hydrogen-bond acceptors (Lipinski definition) is 0. The SMILES string of the molecule is C1=CCCCCCCC/C=C/C=C/C=C\C=C\1. The third-order valence-corrected chi connectivity index (χ3v) is 2.79. The minimum Gasteiger partial charge on any atom is -0.0845 e. The Morgan fingerprint density at radius 1 is 0.353 bits per heavy atom. The maximum Gasteiger partial charge on any atom is -0.0348 e. The summed E-state index contributed by atoms with van der Waals surface area (Å²) in [6, 6.07) is 0. The van der Waals surface area contributed by atoms with Crippen LogP contribution in [0.15, 0.2) is 60.8 Å². The second-order valence-corrected chi connectivity index (χ2v) is 4.36. The molecule has 0 saturated carbocycles. The van der Waals surface area contributed by atoms with Gasteiger partial charge in [-0.2, -0.15) is 0 Å². The fourth-order valence-corrected chi connectivity index (χ4v) is 1.79. The van der Waals surface area contributed by atoms with Crippen LogP contribution < -0.4 is 0 Å². The molecular weight excluding hydrogens is 204 g/mol. The lowest BCUT2D eigenvalue weighted by molar-refractivity contribution is 0.622. The number of hydrogen-bond donors (Lipinski definition) is 0. The molecule has 0 spiro atoms. The molecule has 0 nitrogen and oxygen atoms in total. The molecule has 1 aliphatic carbocycles. The van der Waals surface area contributed by atoms with Gasteiger partial charge in [-0.3, -0.25) is 0 Å². The van der Waals surface area contributed by atoms with Crippen molar-refractivity contribution in [3.05, 3.63) is 60.8 Å². The predicted octanol–water partition coefficient (Wildman–Crippen LogP) is 5.51. The van der Waals surface area contributed by atoms with E-state index in [2.05, 4.69) is 60.8 Å². The monoisotopic (exact) mass is 228 g/mol. The fourth-order valence-electron chi connectivity index (χ4n) is 1.79. The Morgan fingerprint density at radius 3 is 1.18 bits per heavy atom. The van der Waals surface area contributed by atoms with Gasteiger partial charge in [-0.1, -0.05) is 80.0 Å². The molecule has 0 saturated heterocycles. The molecule has 0 fully saturated rings. The highest BCUT2D eigenvalue weighted by Gasteiger charge is 1.88. The average Bonchev–Trinajstić information content (AvgIpc) is 2.35. The predicted molar refractivity (Wildman–Crippen MR) is 78.0 cm³/mol. The number of allylic oxidation sites excluding steroid dienone is 10. The van der Waals surface area contributed by atoms with E-state index in [4.69, 9.17) is 0 Å². The van der Waals surface area contributed by atoms with E-state index in [0.717, 1.165) is 0 Å². The first-order valence-corrected chi connectivity index (χ1v) is 6.82. The van der Waals surface area contributed by atoms with Gasteiger partial charge in [0.05, 0.1) is 0 Å². The Hall–Kier alpha value is -1.30. The lowest BCUT2D eigenvalue weighted by atomic mass is 10.1. The maximum atomic E-state index is 2.26. The van der Waals surface area contributed by atoms with Crippen LogP contribution in [0.25, 0.3) is 0 Å². The van der Waals surface area contributed by atoms with Gasteiger partial charge in [0.2, 0.25) is 0 Å². The third kappa shape index (κ3) is 9.62. The number of rotatable bonds is 0. The highest BCUT2D eigenvalue weighted by molar-refractivity contribution is 5.17. The van der Waals surface area contributed by atoms with Crippen molar-refractivity contribution >= 4 is 0 Å². The molecular formula is C17H24. The van der Waals surface area contributed by atoms with Gasteiger partial charge < -0.3 is 0 Å². The molecule has 0 radical (unpaired) electrons. The molecule has 92 valence electrons. The first kappa shape index (κ1) is 13.8. The van der Waals surface area contributed by atoms with Crippen LogP contribution in [0, 0.1) is 0 Å². The summed E-state index contributed by atoms with van der Waals surface area (Å²) >= 11 is 0. The van der Waals surface area contributed by atoms with Crippen LogP contribution in [-0.4, -0.2) is 0 Å². The van der Waals surface area contributed by atoms with Crippen molar-refractivity contribution in [1.82, 2.24) is 0 Å². The molecule has 0 atom stereocenters. The normalized spacial score (nSPS) is 26.8. The van der Waals surface area contributed by atoms with Crippen LogP contribution in [0.5, 0.6) is 0 Å². The molecule has 1 rings (SSSR count). The maximum absolute atomic E-state index is 2.26. The molecule has 17 heavy (non-hydrogen) atoms. The summed E-state index contributed by atoms with van der Waals surface area (Å²) in [5.74, 6) is 0. The lowest BCUT2D eigenvalue weighted by Crippen LogP contribution is -1.78. The van der Waals surface area contributed by atoms with E-state index >= 15 is 0 Å². The Balaban J connectivity index is 2.38. The Labute approximate surface area is 106 Å². The summed E-state index contributed by atoms with van der Waals surface area (Å²) in [4.78, 5) is 0. The second-order valence-electron chi connectivity index (χ2n) is 4.36. The molecule has 0 heterocycles. The average molecular weight is 228 g/mol. The fraction of sp³-hybridized carbons (Fsp3) is 0.412. The molecule has 0 amide bonds. The van der Waals surface area contributed by atoms with Crippen molar-refractivity contribution in [2.75, 3.05) is 0 Å². The summed E-state index contributed by atoms with van der Waals surface area (Å²) in [7, 11) is 0. The van der Waals surface area contributed by atoms with Gasteiger partial charge in [-0.05, 0) is 25.7 Å². The highest BCUT2D eigenvalue weighted by Crippen LogP contribution is 2.08. The van der Waals surface area contributed by atoms with Crippen LogP contribution in [0.2, 0.25) is 0 Å². The summed E-state index contributed by atoms with van der Waals surface area (Å²) in [6.45, 7) is 0. The quantitative estimate of drug-likeness (QED) is 0.512. The van der Waals surface area contributed by atoms with Gasteiger partial charge in [0.25, 0.3) is 0 Å². The van der Waals surface area contributed by atoms with Crippen LogP contribution in [0.1, 0.15) is 44.9 Å². The molecule has 0 aromatic heterocycles. The van der Waals surface area contributed by atoms with Crippen molar-refractivity contribution in [2.45, 2.75) is 44.9 Å². The lowest BCUT2D eigenvalue weighted by Gasteiger charge is -1.97. The van der Waals surface area contributed by atoms with Gasteiger partial charge in [0.15, 0.2) is 0 Å². The van der Waals surface area contributed by atoms with Gasteiger partial charge in [0.1, 0.15) is 0 Å². The molecule has 0 heteroatoms. The largest absolute Gasteiger partial charge is 0.0845 e. The minimum absolute atomic E-state index is 1.22. The molecule has 0 aromatic carbocycles. The second kappa shape index (κ2) is 11.2.